The van der Waals surface area contributed by atoms with Crippen LogP contribution in [0.2, 0.25) is 0 Å². The van der Waals surface area contributed by atoms with Crippen molar-refractivity contribution in [3.05, 3.63) is 94.6 Å². The molecule has 0 spiro atoms. The van der Waals surface area contributed by atoms with Crippen LogP contribution in [0, 0.1) is 13.8 Å². The number of carbonyl (C=O) groups excluding carboxylic acids is 1. The maximum atomic E-state index is 13.3. The minimum Gasteiger partial charge on any atom is -0.480 e. The molecule has 0 aliphatic rings. The molecular weight excluding hydrogens is 494 g/mol. The molecule has 0 bridgehead atoms. The van der Waals surface area contributed by atoms with Gasteiger partial charge in [-0.15, -0.1) is 5.10 Å². The molecule has 200 valence electrons. The fourth-order valence-corrected chi connectivity index (χ4v) is 4.96. The highest BCUT2D eigenvalue weighted by atomic mass is 16.5. The molecule has 0 unspecified atom stereocenters. The monoisotopic (exact) mass is 525 g/mol. The molecule has 3 heterocycles. The summed E-state index contributed by atoms with van der Waals surface area (Å²) in [6.45, 7) is 8.93. The molecule has 5 aromatic rings. The van der Waals surface area contributed by atoms with E-state index < -0.39 is 11.5 Å². The summed E-state index contributed by atoms with van der Waals surface area (Å²) < 4.78 is 8.99. The predicted molar refractivity (Wildman–Crippen MR) is 148 cm³/mol. The van der Waals surface area contributed by atoms with Crippen molar-refractivity contribution in [3.63, 3.8) is 0 Å². The fourth-order valence-electron chi connectivity index (χ4n) is 4.96. The van der Waals surface area contributed by atoms with Gasteiger partial charge in [0.05, 0.1) is 12.6 Å². The summed E-state index contributed by atoms with van der Waals surface area (Å²) in [5.74, 6) is 0.229. The Morgan fingerprint density at radius 2 is 1.64 bits per heavy atom. The number of imidazole rings is 1. The van der Waals surface area contributed by atoms with Gasteiger partial charge in [0.1, 0.15) is 11.9 Å². The number of hydrogen-bond acceptors (Lipinski definition) is 7. The molecule has 1 amide bonds. The van der Waals surface area contributed by atoms with Gasteiger partial charge in [0, 0.05) is 13.1 Å². The summed E-state index contributed by atoms with van der Waals surface area (Å²) in [7, 11) is 1.45. The number of aryl methyl sites for hydroxylation is 4. The Bertz CT molecular complexity index is 1630. The van der Waals surface area contributed by atoms with Gasteiger partial charge >= 0.3 is 0 Å². The number of pyridine rings is 1. The van der Waals surface area contributed by atoms with E-state index in [9.17, 15) is 9.90 Å². The SMILES string of the molecule is CCn1cnc(NC(=O)c2cc3c(nc2OC)nc(C(O)(c2ccccc2C)c2ccccc2C)n3CC)n1. The molecular formula is C29H31N7O3. The summed E-state index contributed by atoms with van der Waals surface area (Å²) in [5.41, 5.74) is 2.83. The van der Waals surface area contributed by atoms with Crippen LogP contribution >= 0.6 is 0 Å². The summed E-state index contributed by atoms with van der Waals surface area (Å²) in [4.78, 5) is 26.8. The number of fused-ring (bicyclic) bond motifs is 1. The van der Waals surface area contributed by atoms with Gasteiger partial charge in [-0.3, -0.25) is 14.8 Å². The van der Waals surface area contributed by atoms with Gasteiger partial charge in [-0.2, -0.15) is 4.98 Å². The summed E-state index contributed by atoms with van der Waals surface area (Å²) in [5, 5.41) is 19.6. The molecule has 3 aromatic heterocycles. The van der Waals surface area contributed by atoms with Gasteiger partial charge in [-0.05, 0) is 56.0 Å². The van der Waals surface area contributed by atoms with Crippen LogP contribution in [0.25, 0.3) is 11.2 Å². The van der Waals surface area contributed by atoms with Gasteiger partial charge in [0.15, 0.2) is 17.1 Å². The zero-order valence-corrected chi connectivity index (χ0v) is 22.6. The standard InChI is InChI=1S/C29H31N7O3/c1-6-35-17-30-28(34-35)33-25(37)20-16-23-24(31-26(20)39-5)32-27(36(23)7-2)29(38,21-14-10-8-12-18(21)3)22-15-11-9-13-19(22)4/h8-17,38H,6-7H2,1-5H3,(H,33,34,37). The molecule has 0 radical (unpaired) electrons. The average Bonchev–Trinajstić information content (AvgIpc) is 3.56. The first-order chi connectivity index (χ1) is 18.8. The third kappa shape index (κ3) is 4.42. The third-order valence-electron chi connectivity index (χ3n) is 6.94. The Morgan fingerprint density at radius 1 is 1.00 bits per heavy atom. The Labute approximate surface area is 226 Å². The summed E-state index contributed by atoms with van der Waals surface area (Å²) in [6, 6.07) is 17.1. The molecule has 10 nitrogen and oxygen atoms in total. The lowest BCUT2D eigenvalue weighted by Crippen LogP contribution is -2.34. The number of amides is 1. The fraction of sp³-hybridized carbons (Fsp3) is 0.276. The van der Waals surface area contributed by atoms with E-state index in [-0.39, 0.29) is 17.4 Å². The lowest BCUT2D eigenvalue weighted by molar-refractivity contribution is 0.102. The first-order valence-corrected chi connectivity index (χ1v) is 12.8. The lowest BCUT2D eigenvalue weighted by Gasteiger charge is -2.32. The van der Waals surface area contributed by atoms with Crippen LogP contribution in [-0.2, 0) is 18.7 Å². The van der Waals surface area contributed by atoms with Crippen molar-refractivity contribution in [2.24, 2.45) is 0 Å². The van der Waals surface area contributed by atoms with Crippen molar-refractivity contribution in [2.45, 2.75) is 46.4 Å². The minimum atomic E-state index is -1.58. The van der Waals surface area contributed by atoms with Crippen molar-refractivity contribution in [1.82, 2.24) is 29.3 Å². The zero-order chi connectivity index (χ0) is 27.7. The van der Waals surface area contributed by atoms with Gasteiger partial charge in [-0.25, -0.2) is 9.97 Å². The van der Waals surface area contributed by atoms with E-state index >= 15 is 0 Å². The van der Waals surface area contributed by atoms with Crippen LogP contribution in [0.15, 0.2) is 60.9 Å². The van der Waals surface area contributed by atoms with E-state index in [1.165, 1.54) is 7.11 Å². The van der Waals surface area contributed by atoms with Gasteiger partial charge < -0.3 is 14.4 Å². The van der Waals surface area contributed by atoms with Crippen LogP contribution in [0.1, 0.15) is 52.3 Å². The number of carbonyl (C=O) groups is 1. The van der Waals surface area contributed by atoms with Crippen molar-refractivity contribution >= 4 is 23.0 Å². The molecule has 0 aliphatic carbocycles. The number of hydrogen-bond donors (Lipinski definition) is 2. The Balaban J connectivity index is 1.72. The summed E-state index contributed by atoms with van der Waals surface area (Å²) in [6.07, 6.45) is 1.55. The normalized spacial score (nSPS) is 11.6. The molecule has 5 rings (SSSR count). The molecule has 10 heteroatoms. The number of nitrogens with zero attached hydrogens (tertiary/aromatic N) is 6. The highest BCUT2D eigenvalue weighted by Gasteiger charge is 2.41. The highest BCUT2D eigenvalue weighted by molar-refractivity contribution is 6.06. The second kappa shape index (κ2) is 10.3. The van der Waals surface area contributed by atoms with Crippen LogP contribution in [0.3, 0.4) is 0 Å². The summed E-state index contributed by atoms with van der Waals surface area (Å²) >= 11 is 0. The molecule has 39 heavy (non-hydrogen) atoms. The molecule has 0 aliphatic heterocycles. The van der Waals surface area contributed by atoms with Crippen molar-refractivity contribution in [1.29, 1.82) is 0 Å². The molecule has 0 fully saturated rings. The Hall–Kier alpha value is -4.57. The first-order valence-electron chi connectivity index (χ1n) is 12.8. The van der Waals surface area contributed by atoms with E-state index in [0.717, 1.165) is 11.1 Å². The topological polar surface area (TPSA) is 120 Å². The van der Waals surface area contributed by atoms with Crippen LogP contribution in [0.5, 0.6) is 5.88 Å². The number of anilines is 1. The molecule has 0 atom stereocenters. The number of ether oxygens (including phenoxy) is 1. The molecule has 0 saturated heterocycles. The number of methoxy groups -OCH3 is 1. The Kier molecular flexibility index (Phi) is 6.88. The van der Waals surface area contributed by atoms with Gasteiger partial charge in [-0.1, -0.05) is 48.5 Å². The maximum absolute atomic E-state index is 13.3. The number of aromatic nitrogens is 6. The smallest absolute Gasteiger partial charge is 0.263 e. The molecule has 0 saturated carbocycles. The van der Waals surface area contributed by atoms with E-state index in [1.807, 2.05) is 80.8 Å². The van der Waals surface area contributed by atoms with Crippen molar-refractivity contribution in [3.8, 4) is 5.88 Å². The molecule has 2 aromatic carbocycles. The maximum Gasteiger partial charge on any atom is 0.263 e. The zero-order valence-electron chi connectivity index (χ0n) is 22.6. The number of nitrogens with one attached hydrogen (secondary N) is 1. The van der Waals surface area contributed by atoms with Crippen LogP contribution in [-0.4, -0.2) is 47.4 Å². The number of aliphatic hydroxyl groups is 1. The second-order valence-corrected chi connectivity index (χ2v) is 9.29. The Morgan fingerprint density at radius 3 is 2.18 bits per heavy atom. The van der Waals surface area contributed by atoms with Crippen molar-refractivity contribution in [2.75, 3.05) is 12.4 Å². The molecule has 2 N–H and O–H groups in total. The predicted octanol–water partition coefficient (Wildman–Crippen LogP) is 4.22. The van der Waals surface area contributed by atoms with E-state index in [2.05, 4.69) is 20.4 Å². The largest absolute Gasteiger partial charge is 0.480 e. The van der Waals surface area contributed by atoms with Gasteiger partial charge in [0.2, 0.25) is 11.8 Å². The van der Waals surface area contributed by atoms with Crippen LogP contribution in [0.4, 0.5) is 5.95 Å². The average molecular weight is 526 g/mol. The number of benzene rings is 2. The second-order valence-electron chi connectivity index (χ2n) is 9.29. The van der Waals surface area contributed by atoms with E-state index in [4.69, 9.17) is 9.72 Å². The van der Waals surface area contributed by atoms with Crippen molar-refractivity contribution < 1.29 is 14.6 Å². The van der Waals surface area contributed by atoms with Gasteiger partial charge in [0.25, 0.3) is 5.91 Å². The highest BCUT2D eigenvalue weighted by Crippen LogP contribution is 2.40. The minimum absolute atomic E-state index is 0.109. The lowest BCUT2D eigenvalue weighted by atomic mass is 9.81. The van der Waals surface area contributed by atoms with Crippen LogP contribution < -0.4 is 10.1 Å². The third-order valence-corrected chi connectivity index (χ3v) is 6.94. The first kappa shape index (κ1) is 26.1. The van der Waals surface area contributed by atoms with E-state index in [0.29, 0.717) is 41.2 Å². The quantitative estimate of drug-likeness (QED) is 0.311. The van der Waals surface area contributed by atoms with E-state index in [1.54, 1.807) is 17.1 Å². The number of rotatable bonds is 8.